The lowest BCUT2D eigenvalue weighted by Gasteiger charge is -2.38. The molecule has 21 heavy (non-hydrogen) atoms. The van der Waals surface area contributed by atoms with Gasteiger partial charge in [0.15, 0.2) is 0 Å². The van der Waals surface area contributed by atoms with Crippen LogP contribution in [0.2, 0.25) is 0 Å². The summed E-state index contributed by atoms with van der Waals surface area (Å²) in [6.45, 7) is 5.84. The minimum absolute atomic E-state index is 0.562. The Morgan fingerprint density at radius 1 is 1.10 bits per heavy atom. The van der Waals surface area contributed by atoms with Gasteiger partial charge in [0, 0.05) is 24.3 Å². The second kappa shape index (κ2) is 6.78. The van der Waals surface area contributed by atoms with Crippen molar-refractivity contribution in [2.24, 2.45) is 0 Å². The number of anilines is 1. The quantitative estimate of drug-likeness (QED) is 0.891. The van der Waals surface area contributed by atoms with Crippen molar-refractivity contribution in [2.45, 2.75) is 76.9 Å². The minimum atomic E-state index is 0.562. The summed E-state index contributed by atoms with van der Waals surface area (Å²) in [7, 11) is 0. The van der Waals surface area contributed by atoms with Crippen LogP contribution in [0.5, 0.6) is 0 Å². The summed E-state index contributed by atoms with van der Waals surface area (Å²) in [5.41, 5.74) is 1.39. The first kappa shape index (κ1) is 14.8. The Hall–Kier alpha value is -1.09. The summed E-state index contributed by atoms with van der Waals surface area (Å²) in [5, 5.41) is 3.58. The van der Waals surface area contributed by atoms with Gasteiger partial charge in [0.25, 0.3) is 0 Å². The van der Waals surface area contributed by atoms with Gasteiger partial charge < -0.3 is 5.32 Å². The first-order chi connectivity index (χ1) is 10.2. The van der Waals surface area contributed by atoms with E-state index < -0.39 is 0 Å². The SMILES string of the molecule is CC(C)N1CCCC[C@H]1c1ccc(NC2CCCC2)nc1. The molecule has 0 amide bonds. The van der Waals surface area contributed by atoms with Gasteiger partial charge in [0.1, 0.15) is 5.82 Å². The molecular formula is C18H29N3. The molecule has 3 heteroatoms. The van der Waals surface area contributed by atoms with Crippen LogP contribution in [0.4, 0.5) is 5.82 Å². The van der Waals surface area contributed by atoms with Gasteiger partial charge in [-0.25, -0.2) is 4.98 Å². The number of piperidine rings is 1. The lowest BCUT2D eigenvalue weighted by atomic mass is 9.95. The highest BCUT2D eigenvalue weighted by atomic mass is 15.2. The van der Waals surface area contributed by atoms with Crippen LogP contribution in [-0.4, -0.2) is 28.5 Å². The maximum Gasteiger partial charge on any atom is 0.126 e. The Morgan fingerprint density at radius 2 is 1.86 bits per heavy atom. The molecule has 1 aromatic rings. The Kier molecular flexibility index (Phi) is 4.79. The second-order valence-corrected chi connectivity index (χ2v) is 6.95. The van der Waals surface area contributed by atoms with E-state index >= 15 is 0 Å². The molecule has 0 radical (unpaired) electrons. The molecule has 2 aliphatic rings. The zero-order chi connectivity index (χ0) is 14.7. The van der Waals surface area contributed by atoms with Gasteiger partial charge in [-0.2, -0.15) is 0 Å². The van der Waals surface area contributed by atoms with Crippen LogP contribution in [-0.2, 0) is 0 Å². The average Bonchev–Trinajstić information content (AvgIpc) is 3.01. The number of hydrogen-bond donors (Lipinski definition) is 1. The van der Waals surface area contributed by atoms with Gasteiger partial charge in [-0.15, -0.1) is 0 Å². The number of nitrogens with one attached hydrogen (secondary N) is 1. The van der Waals surface area contributed by atoms with Gasteiger partial charge >= 0.3 is 0 Å². The lowest BCUT2D eigenvalue weighted by molar-refractivity contribution is 0.112. The molecule has 1 saturated heterocycles. The van der Waals surface area contributed by atoms with Crippen molar-refractivity contribution in [1.82, 2.24) is 9.88 Å². The molecule has 1 aliphatic carbocycles. The standard InChI is InChI=1S/C18H29N3/c1-14(2)21-12-6-5-9-17(21)15-10-11-18(19-13-15)20-16-7-3-4-8-16/h10-11,13-14,16-17H,3-9,12H2,1-2H3,(H,19,20)/t17-/m0/s1. The summed E-state index contributed by atoms with van der Waals surface area (Å²) in [6, 6.07) is 6.29. The van der Waals surface area contributed by atoms with Crippen molar-refractivity contribution in [3.05, 3.63) is 23.9 Å². The van der Waals surface area contributed by atoms with Crippen LogP contribution < -0.4 is 5.32 Å². The number of likely N-dealkylation sites (tertiary alicyclic amines) is 1. The number of rotatable bonds is 4. The van der Waals surface area contributed by atoms with Crippen molar-refractivity contribution in [3.8, 4) is 0 Å². The zero-order valence-electron chi connectivity index (χ0n) is 13.5. The predicted molar refractivity (Wildman–Crippen MR) is 88.5 cm³/mol. The van der Waals surface area contributed by atoms with Crippen LogP contribution in [0, 0.1) is 0 Å². The summed E-state index contributed by atoms with van der Waals surface area (Å²) in [6.07, 6.45) is 11.4. The highest BCUT2D eigenvalue weighted by Gasteiger charge is 2.26. The van der Waals surface area contributed by atoms with E-state index in [1.807, 2.05) is 0 Å². The van der Waals surface area contributed by atoms with E-state index in [2.05, 4.69) is 47.4 Å². The van der Waals surface area contributed by atoms with E-state index in [4.69, 9.17) is 0 Å². The number of hydrogen-bond acceptors (Lipinski definition) is 3. The maximum atomic E-state index is 4.67. The Bertz CT molecular complexity index is 434. The molecule has 2 fully saturated rings. The summed E-state index contributed by atoms with van der Waals surface area (Å²) >= 11 is 0. The Balaban J connectivity index is 1.67. The minimum Gasteiger partial charge on any atom is -0.367 e. The fourth-order valence-electron chi connectivity index (χ4n) is 3.90. The van der Waals surface area contributed by atoms with Gasteiger partial charge in [0.2, 0.25) is 0 Å². The van der Waals surface area contributed by atoms with Crippen molar-refractivity contribution in [2.75, 3.05) is 11.9 Å². The van der Waals surface area contributed by atoms with Crippen LogP contribution in [0.15, 0.2) is 18.3 Å². The second-order valence-electron chi connectivity index (χ2n) is 6.95. The molecule has 0 unspecified atom stereocenters. The van der Waals surface area contributed by atoms with Crippen molar-refractivity contribution in [1.29, 1.82) is 0 Å². The fraction of sp³-hybridized carbons (Fsp3) is 0.722. The Morgan fingerprint density at radius 3 is 2.52 bits per heavy atom. The predicted octanol–water partition coefficient (Wildman–Crippen LogP) is 4.37. The van der Waals surface area contributed by atoms with E-state index in [0.717, 1.165) is 5.82 Å². The summed E-state index contributed by atoms with van der Waals surface area (Å²) < 4.78 is 0. The van der Waals surface area contributed by atoms with Crippen molar-refractivity contribution >= 4 is 5.82 Å². The fourth-order valence-corrected chi connectivity index (χ4v) is 3.90. The van der Waals surface area contributed by atoms with Gasteiger partial charge in [-0.3, -0.25) is 4.90 Å². The molecule has 0 spiro atoms. The van der Waals surface area contributed by atoms with Gasteiger partial charge in [0.05, 0.1) is 0 Å². The van der Waals surface area contributed by atoms with Crippen molar-refractivity contribution in [3.63, 3.8) is 0 Å². The normalized spacial score (nSPS) is 24.6. The van der Waals surface area contributed by atoms with Crippen LogP contribution in [0.3, 0.4) is 0 Å². The molecule has 2 heterocycles. The molecule has 1 N–H and O–H groups in total. The smallest absolute Gasteiger partial charge is 0.126 e. The zero-order valence-corrected chi connectivity index (χ0v) is 13.5. The van der Waals surface area contributed by atoms with Crippen LogP contribution in [0.1, 0.15) is 70.4 Å². The number of nitrogens with zero attached hydrogens (tertiary/aromatic N) is 2. The summed E-state index contributed by atoms with van der Waals surface area (Å²) in [5.74, 6) is 1.05. The van der Waals surface area contributed by atoms with Crippen molar-refractivity contribution < 1.29 is 0 Å². The molecule has 3 rings (SSSR count). The molecule has 1 aliphatic heterocycles. The third-order valence-corrected chi connectivity index (χ3v) is 5.09. The van der Waals surface area contributed by atoms with Gasteiger partial charge in [-0.1, -0.05) is 25.3 Å². The molecule has 0 aromatic carbocycles. The van der Waals surface area contributed by atoms with Crippen LogP contribution >= 0.6 is 0 Å². The third-order valence-electron chi connectivity index (χ3n) is 5.09. The number of aromatic nitrogens is 1. The Labute approximate surface area is 129 Å². The monoisotopic (exact) mass is 287 g/mol. The van der Waals surface area contributed by atoms with E-state index in [1.54, 1.807) is 0 Å². The highest BCUT2D eigenvalue weighted by molar-refractivity contribution is 5.37. The largest absolute Gasteiger partial charge is 0.367 e. The number of pyridine rings is 1. The molecular weight excluding hydrogens is 258 g/mol. The summed E-state index contributed by atoms with van der Waals surface area (Å²) in [4.78, 5) is 7.30. The molecule has 0 bridgehead atoms. The molecule has 1 saturated carbocycles. The van der Waals surface area contributed by atoms with E-state index in [0.29, 0.717) is 18.1 Å². The maximum absolute atomic E-state index is 4.67. The molecule has 1 atom stereocenters. The molecule has 116 valence electrons. The lowest BCUT2D eigenvalue weighted by Crippen LogP contribution is -2.38. The first-order valence-corrected chi connectivity index (χ1v) is 8.72. The van der Waals surface area contributed by atoms with E-state index in [-0.39, 0.29) is 0 Å². The topological polar surface area (TPSA) is 28.2 Å². The first-order valence-electron chi connectivity index (χ1n) is 8.72. The van der Waals surface area contributed by atoms with E-state index in [1.165, 1.54) is 57.1 Å². The van der Waals surface area contributed by atoms with E-state index in [9.17, 15) is 0 Å². The molecule has 3 nitrogen and oxygen atoms in total. The highest BCUT2D eigenvalue weighted by Crippen LogP contribution is 2.32. The average molecular weight is 287 g/mol. The third kappa shape index (κ3) is 3.57. The van der Waals surface area contributed by atoms with Gasteiger partial charge in [-0.05, 0) is 57.7 Å². The van der Waals surface area contributed by atoms with Crippen LogP contribution in [0.25, 0.3) is 0 Å². The molecule has 1 aromatic heterocycles.